The first-order valence-corrected chi connectivity index (χ1v) is 5.65. The van der Waals surface area contributed by atoms with Gasteiger partial charge in [-0.1, -0.05) is 0 Å². The molecule has 0 aliphatic carbocycles. The first-order valence-electron chi connectivity index (χ1n) is 5.65. The molecule has 0 atom stereocenters. The Labute approximate surface area is 103 Å². The molecule has 0 fully saturated rings. The van der Waals surface area contributed by atoms with E-state index in [4.69, 9.17) is 15.7 Å². The molecule has 17 heavy (non-hydrogen) atoms. The van der Waals surface area contributed by atoms with Crippen molar-refractivity contribution in [3.8, 4) is 6.07 Å². The second-order valence-corrected chi connectivity index (χ2v) is 4.17. The lowest BCUT2D eigenvalue weighted by Gasteiger charge is -2.30. The molecular formula is C13H19N3O. The van der Waals surface area contributed by atoms with E-state index in [2.05, 4.69) is 24.8 Å². The van der Waals surface area contributed by atoms with Gasteiger partial charge in [0.1, 0.15) is 0 Å². The molecule has 4 nitrogen and oxygen atoms in total. The molecule has 2 N–H and O–H groups in total. The van der Waals surface area contributed by atoms with Gasteiger partial charge in [0.05, 0.1) is 29.6 Å². The predicted octanol–water partition coefficient (Wildman–Crippen LogP) is 2.00. The van der Waals surface area contributed by atoms with Crippen LogP contribution in [0.3, 0.4) is 0 Å². The standard InChI is InChI=1S/C13H19N3O/c1-10(2)16(6-7-17-3)13-8-11(9-14)4-5-12(13)15/h4-5,8,10H,6-7,15H2,1-3H3. The molecule has 1 aromatic rings. The van der Waals surface area contributed by atoms with Gasteiger partial charge in [-0.3, -0.25) is 0 Å². The highest BCUT2D eigenvalue weighted by Crippen LogP contribution is 2.26. The lowest BCUT2D eigenvalue weighted by molar-refractivity contribution is 0.204. The number of nitrogen functional groups attached to an aromatic ring is 1. The van der Waals surface area contributed by atoms with Crippen LogP contribution >= 0.6 is 0 Å². The molecule has 1 rings (SSSR count). The smallest absolute Gasteiger partial charge is 0.0992 e. The van der Waals surface area contributed by atoms with Crippen LogP contribution in [-0.4, -0.2) is 26.3 Å². The number of benzene rings is 1. The van der Waals surface area contributed by atoms with E-state index < -0.39 is 0 Å². The van der Waals surface area contributed by atoms with E-state index >= 15 is 0 Å². The van der Waals surface area contributed by atoms with Crippen molar-refractivity contribution >= 4 is 11.4 Å². The number of nitrogens with zero attached hydrogens (tertiary/aromatic N) is 2. The van der Waals surface area contributed by atoms with Crippen molar-refractivity contribution < 1.29 is 4.74 Å². The highest BCUT2D eigenvalue weighted by atomic mass is 16.5. The number of rotatable bonds is 5. The lowest BCUT2D eigenvalue weighted by atomic mass is 10.1. The van der Waals surface area contributed by atoms with Crippen LogP contribution in [0.1, 0.15) is 19.4 Å². The van der Waals surface area contributed by atoms with Crippen LogP contribution in [-0.2, 0) is 4.74 Å². The van der Waals surface area contributed by atoms with Gasteiger partial charge in [0.2, 0.25) is 0 Å². The molecule has 0 aliphatic rings. The summed E-state index contributed by atoms with van der Waals surface area (Å²) in [4.78, 5) is 2.14. The lowest BCUT2D eigenvalue weighted by Crippen LogP contribution is -2.34. The summed E-state index contributed by atoms with van der Waals surface area (Å²) >= 11 is 0. The summed E-state index contributed by atoms with van der Waals surface area (Å²) in [5.41, 5.74) is 8.17. The summed E-state index contributed by atoms with van der Waals surface area (Å²) in [6.45, 7) is 5.57. The van der Waals surface area contributed by atoms with E-state index in [1.54, 1.807) is 19.2 Å². The summed E-state index contributed by atoms with van der Waals surface area (Å²) in [7, 11) is 1.67. The minimum atomic E-state index is 0.307. The zero-order valence-electron chi connectivity index (χ0n) is 10.6. The average molecular weight is 233 g/mol. The number of nitriles is 1. The Balaban J connectivity index is 3.04. The van der Waals surface area contributed by atoms with E-state index in [1.807, 2.05) is 6.07 Å². The van der Waals surface area contributed by atoms with E-state index in [0.29, 0.717) is 23.9 Å². The van der Waals surface area contributed by atoms with E-state index in [0.717, 1.165) is 12.2 Å². The Morgan fingerprint density at radius 3 is 2.71 bits per heavy atom. The van der Waals surface area contributed by atoms with Crippen molar-refractivity contribution in [1.82, 2.24) is 0 Å². The van der Waals surface area contributed by atoms with Crippen molar-refractivity contribution in [1.29, 1.82) is 5.26 Å². The predicted molar refractivity (Wildman–Crippen MR) is 69.9 cm³/mol. The molecule has 1 aromatic carbocycles. The van der Waals surface area contributed by atoms with E-state index in [1.165, 1.54) is 0 Å². The third-order valence-electron chi connectivity index (χ3n) is 2.63. The Morgan fingerprint density at radius 2 is 2.18 bits per heavy atom. The molecular weight excluding hydrogens is 214 g/mol. The molecule has 0 spiro atoms. The molecule has 0 saturated carbocycles. The van der Waals surface area contributed by atoms with Crippen LogP contribution in [0.15, 0.2) is 18.2 Å². The maximum atomic E-state index is 8.92. The minimum Gasteiger partial charge on any atom is -0.397 e. The molecule has 0 radical (unpaired) electrons. The Bertz CT molecular complexity index is 410. The van der Waals surface area contributed by atoms with Gasteiger partial charge in [0.15, 0.2) is 0 Å². The fraction of sp³-hybridized carbons (Fsp3) is 0.462. The van der Waals surface area contributed by atoms with Crippen molar-refractivity contribution in [2.45, 2.75) is 19.9 Å². The average Bonchev–Trinajstić information content (AvgIpc) is 2.31. The van der Waals surface area contributed by atoms with Gasteiger partial charge < -0.3 is 15.4 Å². The summed E-state index contributed by atoms with van der Waals surface area (Å²) in [5.74, 6) is 0. The third kappa shape index (κ3) is 3.36. The number of ether oxygens (including phenoxy) is 1. The molecule has 0 aliphatic heterocycles. The molecule has 0 amide bonds. The first kappa shape index (κ1) is 13.3. The zero-order valence-corrected chi connectivity index (χ0v) is 10.6. The van der Waals surface area contributed by atoms with Gasteiger partial charge in [0.25, 0.3) is 0 Å². The van der Waals surface area contributed by atoms with Crippen molar-refractivity contribution in [3.63, 3.8) is 0 Å². The summed E-state index contributed by atoms with van der Waals surface area (Å²) in [5, 5.41) is 8.92. The SMILES string of the molecule is COCCN(c1cc(C#N)ccc1N)C(C)C. The van der Waals surface area contributed by atoms with Gasteiger partial charge in [-0.25, -0.2) is 0 Å². The van der Waals surface area contributed by atoms with Gasteiger partial charge in [-0.15, -0.1) is 0 Å². The number of hydrogen-bond donors (Lipinski definition) is 1. The van der Waals surface area contributed by atoms with Gasteiger partial charge in [-0.05, 0) is 32.0 Å². The maximum Gasteiger partial charge on any atom is 0.0992 e. The third-order valence-corrected chi connectivity index (χ3v) is 2.63. The normalized spacial score (nSPS) is 10.3. The van der Waals surface area contributed by atoms with Gasteiger partial charge in [0, 0.05) is 19.7 Å². The number of methoxy groups -OCH3 is 1. The minimum absolute atomic E-state index is 0.307. The summed E-state index contributed by atoms with van der Waals surface area (Å²) < 4.78 is 5.09. The summed E-state index contributed by atoms with van der Waals surface area (Å²) in [6.07, 6.45) is 0. The molecule has 0 heterocycles. The highest BCUT2D eigenvalue weighted by Gasteiger charge is 2.13. The maximum absolute atomic E-state index is 8.92. The molecule has 4 heteroatoms. The summed E-state index contributed by atoms with van der Waals surface area (Å²) in [6, 6.07) is 7.77. The molecule has 92 valence electrons. The van der Waals surface area contributed by atoms with Crippen LogP contribution in [0.25, 0.3) is 0 Å². The quantitative estimate of drug-likeness (QED) is 0.790. The Kier molecular flexibility index (Phi) is 4.80. The Hall–Kier alpha value is -1.73. The number of anilines is 2. The number of hydrogen-bond acceptors (Lipinski definition) is 4. The number of nitrogens with two attached hydrogens (primary N) is 1. The molecule has 0 saturated heterocycles. The van der Waals surface area contributed by atoms with Crippen molar-refractivity contribution in [3.05, 3.63) is 23.8 Å². The largest absolute Gasteiger partial charge is 0.397 e. The zero-order chi connectivity index (χ0) is 12.8. The highest BCUT2D eigenvalue weighted by molar-refractivity contribution is 5.70. The fourth-order valence-electron chi connectivity index (χ4n) is 1.71. The van der Waals surface area contributed by atoms with Crippen LogP contribution in [0, 0.1) is 11.3 Å². The van der Waals surface area contributed by atoms with Gasteiger partial charge >= 0.3 is 0 Å². The topological polar surface area (TPSA) is 62.3 Å². The van der Waals surface area contributed by atoms with Crippen LogP contribution in [0.5, 0.6) is 0 Å². The van der Waals surface area contributed by atoms with E-state index in [9.17, 15) is 0 Å². The second kappa shape index (κ2) is 6.12. The fourth-order valence-corrected chi connectivity index (χ4v) is 1.71. The van der Waals surface area contributed by atoms with Crippen LogP contribution in [0.2, 0.25) is 0 Å². The monoisotopic (exact) mass is 233 g/mol. The van der Waals surface area contributed by atoms with E-state index in [-0.39, 0.29) is 0 Å². The van der Waals surface area contributed by atoms with Crippen LogP contribution in [0.4, 0.5) is 11.4 Å². The van der Waals surface area contributed by atoms with Crippen LogP contribution < -0.4 is 10.6 Å². The Morgan fingerprint density at radius 1 is 1.47 bits per heavy atom. The second-order valence-electron chi connectivity index (χ2n) is 4.17. The van der Waals surface area contributed by atoms with Crippen molar-refractivity contribution in [2.75, 3.05) is 30.9 Å². The molecule has 0 unspecified atom stereocenters. The van der Waals surface area contributed by atoms with Crippen molar-refractivity contribution in [2.24, 2.45) is 0 Å². The molecule has 0 bridgehead atoms. The van der Waals surface area contributed by atoms with Gasteiger partial charge in [-0.2, -0.15) is 5.26 Å². The molecule has 0 aromatic heterocycles. The first-order chi connectivity index (χ1) is 8.10.